The van der Waals surface area contributed by atoms with E-state index in [4.69, 9.17) is 29.0 Å². The van der Waals surface area contributed by atoms with E-state index >= 15 is 0 Å². The van der Waals surface area contributed by atoms with Gasteiger partial charge in [0.1, 0.15) is 11.5 Å². The molecule has 0 aromatic heterocycles. The van der Waals surface area contributed by atoms with Crippen molar-refractivity contribution in [2.24, 2.45) is 4.99 Å². The predicted octanol–water partition coefficient (Wildman–Crippen LogP) is 2.53. The number of nitrogens with one attached hydrogen (secondary N) is 2. The minimum atomic E-state index is -3.78. The second-order valence-corrected chi connectivity index (χ2v) is 13.4. The fourth-order valence-corrected chi connectivity index (χ4v) is 6.89. The van der Waals surface area contributed by atoms with E-state index in [9.17, 15) is 13.2 Å². The van der Waals surface area contributed by atoms with Crippen LogP contribution in [0.15, 0.2) is 88.8 Å². The lowest BCUT2D eigenvalue weighted by Gasteiger charge is -2.31. The standard InChI is InChI=1S/C34H42N4O8S/c1-43-29-8-5-7-27(25-29)31-34(15-24-47(41,42)30-9-3-2-4-10-30,33(40)37-35-16-17-38-18-22-44-23-19-38)36-32(46-31)26-11-13-28(14-12-26)45-21-6-20-39/h2-5,7-14,25,31,35,39H,6,15-24H2,1H3,(H,37,40)/t31-,34-/m0/s1. The Morgan fingerprint density at radius 2 is 1.81 bits per heavy atom. The van der Waals surface area contributed by atoms with Crippen molar-refractivity contribution in [1.29, 1.82) is 0 Å². The van der Waals surface area contributed by atoms with Crippen LogP contribution in [-0.4, -0.2) is 101 Å². The number of morpholine rings is 1. The van der Waals surface area contributed by atoms with Crippen LogP contribution < -0.4 is 20.3 Å². The van der Waals surface area contributed by atoms with Crippen molar-refractivity contribution >= 4 is 21.6 Å². The molecule has 0 spiro atoms. The molecule has 5 rings (SSSR count). The second-order valence-electron chi connectivity index (χ2n) is 11.3. The maximum Gasteiger partial charge on any atom is 0.266 e. The molecule has 0 bridgehead atoms. The summed E-state index contributed by atoms with van der Waals surface area (Å²) in [4.78, 5) is 21.6. The van der Waals surface area contributed by atoms with E-state index in [1.165, 1.54) is 0 Å². The minimum absolute atomic E-state index is 0.0284. The van der Waals surface area contributed by atoms with Crippen LogP contribution in [-0.2, 0) is 24.1 Å². The first-order chi connectivity index (χ1) is 22.8. The molecular weight excluding hydrogens is 624 g/mol. The van der Waals surface area contributed by atoms with Crippen LogP contribution in [0.4, 0.5) is 0 Å². The number of hydrazine groups is 1. The van der Waals surface area contributed by atoms with E-state index in [0.29, 0.717) is 62.0 Å². The van der Waals surface area contributed by atoms with Gasteiger partial charge in [0.15, 0.2) is 21.5 Å². The van der Waals surface area contributed by atoms with Crippen molar-refractivity contribution < 1.29 is 37.3 Å². The number of carbonyl (C=O) groups excluding carboxylic acids is 1. The number of sulfone groups is 1. The normalized spacial score (nSPS) is 19.9. The topological polar surface area (TPSA) is 148 Å². The molecule has 2 heterocycles. The van der Waals surface area contributed by atoms with Gasteiger partial charge in [0.25, 0.3) is 5.91 Å². The Bertz CT molecular complexity index is 1600. The summed E-state index contributed by atoms with van der Waals surface area (Å²) in [5.74, 6) is 0.484. The number of hydrogen-bond donors (Lipinski definition) is 3. The zero-order valence-corrected chi connectivity index (χ0v) is 27.3. The van der Waals surface area contributed by atoms with E-state index in [1.807, 2.05) is 6.07 Å². The third kappa shape index (κ3) is 8.67. The molecule has 2 aliphatic heterocycles. The fraction of sp³-hybridized carbons (Fsp3) is 0.412. The summed E-state index contributed by atoms with van der Waals surface area (Å²) in [6.45, 7) is 4.49. The number of nitrogens with zero attached hydrogens (tertiary/aromatic N) is 2. The Morgan fingerprint density at radius 3 is 2.53 bits per heavy atom. The van der Waals surface area contributed by atoms with Crippen molar-refractivity contribution in [3.05, 3.63) is 90.0 Å². The molecule has 13 heteroatoms. The van der Waals surface area contributed by atoms with Gasteiger partial charge >= 0.3 is 0 Å². The number of ether oxygens (including phenoxy) is 4. The summed E-state index contributed by atoms with van der Waals surface area (Å²) in [5, 5.41) is 9.06. The zero-order valence-electron chi connectivity index (χ0n) is 26.5. The van der Waals surface area contributed by atoms with Crippen molar-refractivity contribution in [2.75, 3.05) is 65.5 Å². The molecule has 252 valence electrons. The molecule has 2 atom stereocenters. The van der Waals surface area contributed by atoms with Gasteiger partial charge in [-0.15, -0.1) is 0 Å². The molecule has 3 aromatic rings. The van der Waals surface area contributed by atoms with Crippen molar-refractivity contribution in [3.63, 3.8) is 0 Å². The van der Waals surface area contributed by atoms with Crippen molar-refractivity contribution in [2.45, 2.75) is 29.4 Å². The van der Waals surface area contributed by atoms with Gasteiger partial charge in [0, 0.05) is 51.2 Å². The summed E-state index contributed by atoms with van der Waals surface area (Å²) in [6, 6.07) is 22.4. The van der Waals surface area contributed by atoms with Crippen LogP contribution in [0.2, 0.25) is 0 Å². The number of aliphatic hydroxyl groups is 1. The highest BCUT2D eigenvalue weighted by Gasteiger charge is 2.53. The summed E-state index contributed by atoms with van der Waals surface area (Å²) >= 11 is 0. The zero-order chi connectivity index (χ0) is 33.1. The maximum atomic E-state index is 14.3. The Kier molecular flexibility index (Phi) is 11.8. The van der Waals surface area contributed by atoms with Gasteiger partial charge in [0.2, 0.25) is 5.90 Å². The SMILES string of the molecule is COc1cccc([C@@H]2OC(c3ccc(OCCCO)cc3)=N[C@]2(CCS(=O)(=O)c2ccccc2)C(=O)NNCCN2CCOCC2)c1. The average Bonchev–Trinajstić information content (AvgIpc) is 3.51. The number of benzene rings is 3. The molecule has 3 N–H and O–H groups in total. The first-order valence-electron chi connectivity index (χ1n) is 15.7. The molecule has 3 aromatic carbocycles. The van der Waals surface area contributed by atoms with E-state index in [2.05, 4.69) is 15.8 Å². The number of aliphatic imine (C=N–C) groups is 1. The van der Waals surface area contributed by atoms with Crippen molar-refractivity contribution in [3.8, 4) is 11.5 Å². The van der Waals surface area contributed by atoms with Gasteiger partial charge < -0.3 is 24.1 Å². The predicted molar refractivity (Wildman–Crippen MR) is 176 cm³/mol. The molecule has 0 saturated carbocycles. The Hall–Kier alpha value is -4.01. The molecule has 0 radical (unpaired) electrons. The minimum Gasteiger partial charge on any atom is -0.497 e. The highest BCUT2D eigenvalue weighted by molar-refractivity contribution is 7.91. The third-order valence-corrected chi connectivity index (χ3v) is 9.87. The summed E-state index contributed by atoms with van der Waals surface area (Å²) in [6.07, 6.45) is -0.626. The van der Waals surface area contributed by atoms with E-state index in [0.717, 1.165) is 13.1 Å². The lowest BCUT2D eigenvalue weighted by atomic mass is 9.85. The molecule has 47 heavy (non-hydrogen) atoms. The molecule has 0 unspecified atom stereocenters. The van der Waals surface area contributed by atoms with Gasteiger partial charge in [-0.1, -0.05) is 30.3 Å². The number of methoxy groups -OCH3 is 1. The molecular formula is C34H42N4O8S. The van der Waals surface area contributed by atoms with E-state index in [-0.39, 0.29) is 29.6 Å². The van der Waals surface area contributed by atoms with Gasteiger partial charge in [-0.2, -0.15) is 0 Å². The first-order valence-corrected chi connectivity index (χ1v) is 17.4. The third-order valence-electron chi connectivity index (χ3n) is 8.14. The fourth-order valence-electron chi connectivity index (χ4n) is 5.50. The van der Waals surface area contributed by atoms with Gasteiger partial charge in [-0.05, 0) is 54.1 Å². The highest BCUT2D eigenvalue weighted by Crippen LogP contribution is 2.43. The van der Waals surface area contributed by atoms with Gasteiger partial charge in [-0.3, -0.25) is 15.1 Å². The van der Waals surface area contributed by atoms with Crippen molar-refractivity contribution in [1.82, 2.24) is 15.8 Å². The number of hydrogen-bond acceptors (Lipinski definition) is 11. The first kappa shape index (κ1) is 34.3. The largest absolute Gasteiger partial charge is 0.497 e. The van der Waals surface area contributed by atoms with Crippen LogP contribution in [0.25, 0.3) is 0 Å². The smallest absolute Gasteiger partial charge is 0.266 e. The number of amides is 1. The van der Waals surface area contributed by atoms with Crippen LogP contribution >= 0.6 is 0 Å². The van der Waals surface area contributed by atoms with Gasteiger partial charge in [-0.25, -0.2) is 18.8 Å². The Labute approximate surface area is 275 Å². The second kappa shape index (κ2) is 16.2. The number of rotatable bonds is 16. The molecule has 0 aliphatic carbocycles. The van der Waals surface area contributed by atoms with E-state index < -0.39 is 27.4 Å². The van der Waals surface area contributed by atoms with E-state index in [1.54, 1.807) is 79.9 Å². The Morgan fingerprint density at radius 1 is 1.04 bits per heavy atom. The Balaban J connectivity index is 1.48. The summed E-state index contributed by atoms with van der Waals surface area (Å²) < 4.78 is 50.1. The quantitative estimate of drug-likeness (QED) is 0.154. The van der Waals surface area contributed by atoms with Crippen LogP contribution in [0.5, 0.6) is 11.5 Å². The lowest BCUT2D eigenvalue weighted by molar-refractivity contribution is -0.130. The lowest BCUT2D eigenvalue weighted by Crippen LogP contribution is -2.54. The monoisotopic (exact) mass is 666 g/mol. The summed E-state index contributed by atoms with van der Waals surface area (Å²) in [7, 11) is -2.23. The average molecular weight is 667 g/mol. The molecule has 1 amide bonds. The van der Waals surface area contributed by atoms with Gasteiger partial charge in [0.05, 0.1) is 37.6 Å². The number of aliphatic hydroxyl groups excluding tert-OH is 1. The van der Waals surface area contributed by atoms with Crippen LogP contribution in [0.3, 0.4) is 0 Å². The molecule has 12 nitrogen and oxygen atoms in total. The summed E-state index contributed by atoms with van der Waals surface area (Å²) in [5.41, 5.74) is 5.38. The van der Waals surface area contributed by atoms with Crippen LogP contribution in [0.1, 0.15) is 30.1 Å². The molecule has 2 aliphatic rings. The highest BCUT2D eigenvalue weighted by atomic mass is 32.2. The van der Waals surface area contributed by atoms with Crippen LogP contribution in [0, 0.1) is 0 Å². The maximum absolute atomic E-state index is 14.3. The molecule has 1 fully saturated rings. The number of carbonyl (C=O) groups is 1. The molecule has 1 saturated heterocycles.